The fraction of sp³-hybridized carbons (Fsp3) is 0.389. The lowest BCUT2D eigenvalue weighted by molar-refractivity contribution is -0.113. The van der Waals surface area contributed by atoms with Gasteiger partial charge in [0.05, 0.1) is 5.75 Å². The number of carbonyl (C=O) groups excluding carboxylic acids is 1. The SMILES string of the molecule is CC[C@H](C)c1ccc(NC(=O)CSc2nc(C)cc(C)n2)cc1. The van der Waals surface area contributed by atoms with E-state index in [-0.39, 0.29) is 5.91 Å². The fourth-order valence-electron chi connectivity index (χ4n) is 2.22. The van der Waals surface area contributed by atoms with Crippen molar-refractivity contribution in [2.45, 2.75) is 45.2 Å². The van der Waals surface area contributed by atoms with Crippen molar-refractivity contribution in [3.05, 3.63) is 47.3 Å². The summed E-state index contributed by atoms with van der Waals surface area (Å²) in [7, 11) is 0. The molecule has 0 bridgehead atoms. The minimum Gasteiger partial charge on any atom is -0.325 e. The minimum absolute atomic E-state index is 0.0472. The van der Waals surface area contributed by atoms with Crippen LogP contribution in [0, 0.1) is 13.8 Å². The molecule has 0 aliphatic carbocycles. The molecular formula is C18H23N3OS. The predicted octanol–water partition coefficient (Wildman–Crippen LogP) is 4.34. The van der Waals surface area contributed by atoms with Gasteiger partial charge in [-0.1, -0.05) is 37.7 Å². The zero-order valence-corrected chi connectivity index (χ0v) is 14.9. The molecule has 4 nitrogen and oxygen atoms in total. The van der Waals surface area contributed by atoms with Crippen LogP contribution in [0.3, 0.4) is 0 Å². The maximum absolute atomic E-state index is 12.0. The standard InChI is InChI=1S/C18H23N3OS/c1-5-12(2)15-6-8-16(9-7-15)21-17(22)11-23-18-19-13(3)10-14(4)20-18/h6-10,12H,5,11H2,1-4H3,(H,21,22)/t12-/m0/s1. The van der Waals surface area contributed by atoms with Crippen molar-refractivity contribution in [2.24, 2.45) is 0 Å². The van der Waals surface area contributed by atoms with Gasteiger partial charge in [0.25, 0.3) is 0 Å². The van der Waals surface area contributed by atoms with Gasteiger partial charge in [-0.15, -0.1) is 0 Å². The first-order valence-electron chi connectivity index (χ1n) is 7.83. The Balaban J connectivity index is 1.89. The second-order valence-electron chi connectivity index (χ2n) is 5.70. The fourth-order valence-corrected chi connectivity index (χ4v) is 2.97. The molecule has 1 N–H and O–H groups in total. The van der Waals surface area contributed by atoms with Crippen LogP contribution in [0.25, 0.3) is 0 Å². The summed E-state index contributed by atoms with van der Waals surface area (Å²) in [5, 5.41) is 3.55. The largest absolute Gasteiger partial charge is 0.325 e. The number of amides is 1. The summed E-state index contributed by atoms with van der Waals surface area (Å²) < 4.78 is 0. The molecule has 0 aliphatic rings. The first-order chi connectivity index (χ1) is 11.0. The summed E-state index contributed by atoms with van der Waals surface area (Å²) in [6.07, 6.45) is 1.11. The van der Waals surface area contributed by atoms with E-state index in [1.807, 2.05) is 32.0 Å². The molecule has 2 rings (SSSR count). The maximum atomic E-state index is 12.0. The van der Waals surface area contributed by atoms with E-state index in [2.05, 4.69) is 41.3 Å². The highest BCUT2D eigenvalue weighted by Crippen LogP contribution is 2.21. The first-order valence-corrected chi connectivity index (χ1v) is 8.81. The summed E-state index contributed by atoms with van der Waals surface area (Å²) in [5.41, 5.74) is 3.95. The van der Waals surface area contributed by atoms with E-state index < -0.39 is 0 Å². The molecule has 0 spiro atoms. The van der Waals surface area contributed by atoms with Crippen molar-refractivity contribution in [1.82, 2.24) is 9.97 Å². The Morgan fingerprint density at radius 1 is 1.17 bits per heavy atom. The van der Waals surface area contributed by atoms with Crippen molar-refractivity contribution in [2.75, 3.05) is 11.1 Å². The molecule has 122 valence electrons. The van der Waals surface area contributed by atoms with Gasteiger partial charge in [-0.2, -0.15) is 0 Å². The van der Waals surface area contributed by atoms with E-state index in [4.69, 9.17) is 0 Å². The van der Waals surface area contributed by atoms with Gasteiger partial charge in [-0.05, 0) is 49.9 Å². The van der Waals surface area contributed by atoms with Crippen LogP contribution in [0.5, 0.6) is 0 Å². The zero-order chi connectivity index (χ0) is 16.8. The third-order valence-corrected chi connectivity index (χ3v) is 4.52. The zero-order valence-electron chi connectivity index (χ0n) is 14.1. The highest BCUT2D eigenvalue weighted by atomic mass is 32.2. The van der Waals surface area contributed by atoms with Gasteiger partial charge < -0.3 is 5.32 Å². The second kappa shape index (κ2) is 8.11. The molecule has 1 amide bonds. The average Bonchev–Trinajstić information content (AvgIpc) is 2.52. The maximum Gasteiger partial charge on any atom is 0.234 e. The highest BCUT2D eigenvalue weighted by molar-refractivity contribution is 7.99. The molecule has 1 aromatic heterocycles. The normalized spacial score (nSPS) is 12.0. The molecule has 0 aliphatic heterocycles. The number of hydrogen-bond donors (Lipinski definition) is 1. The number of thioether (sulfide) groups is 1. The molecule has 0 unspecified atom stereocenters. The van der Waals surface area contributed by atoms with Gasteiger partial charge >= 0.3 is 0 Å². The average molecular weight is 329 g/mol. The number of benzene rings is 1. The Morgan fingerprint density at radius 3 is 2.35 bits per heavy atom. The summed E-state index contributed by atoms with van der Waals surface area (Å²) in [6.45, 7) is 8.23. The Hall–Kier alpha value is -1.88. The van der Waals surface area contributed by atoms with Gasteiger partial charge in [0.2, 0.25) is 5.91 Å². The highest BCUT2D eigenvalue weighted by Gasteiger charge is 2.07. The van der Waals surface area contributed by atoms with Crippen LogP contribution < -0.4 is 5.32 Å². The molecule has 2 aromatic rings. The molecule has 0 fully saturated rings. The van der Waals surface area contributed by atoms with Crippen LogP contribution in [-0.4, -0.2) is 21.6 Å². The molecule has 0 saturated carbocycles. The smallest absolute Gasteiger partial charge is 0.234 e. The van der Waals surface area contributed by atoms with E-state index in [1.54, 1.807) is 0 Å². The van der Waals surface area contributed by atoms with Crippen LogP contribution >= 0.6 is 11.8 Å². The van der Waals surface area contributed by atoms with Gasteiger partial charge in [0.1, 0.15) is 0 Å². The molecular weight excluding hydrogens is 306 g/mol. The second-order valence-corrected chi connectivity index (χ2v) is 6.64. The lowest BCUT2D eigenvalue weighted by Crippen LogP contribution is -2.14. The lowest BCUT2D eigenvalue weighted by Gasteiger charge is -2.10. The van der Waals surface area contributed by atoms with Crippen molar-refractivity contribution < 1.29 is 4.79 Å². The number of anilines is 1. The number of aryl methyl sites for hydroxylation is 2. The molecule has 1 heterocycles. The van der Waals surface area contributed by atoms with Crippen LogP contribution in [0.15, 0.2) is 35.5 Å². The molecule has 0 saturated heterocycles. The molecule has 23 heavy (non-hydrogen) atoms. The lowest BCUT2D eigenvalue weighted by atomic mass is 9.99. The molecule has 0 radical (unpaired) electrons. The van der Waals surface area contributed by atoms with E-state index >= 15 is 0 Å². The monoisotopic (exact) mass is 329 g/mol. The van der Waals surface area contributed by atoms with E-state index in [9.17, 15) is 4.79 Å². The third-order valence-electron chi connectivity index (χ3n) is 3.67. The Labute approximate surface area is 142 Å². The minimum atomic E-state index is -0.0472. The van der Waals surface area contributed by atoms with E-state index in [1.165, 1.54) is 17.3 Å². The topological polar surface area (TPSA) is 54.9 Å². The summed E-state index contributed by atoms with van der Waals surface area (Å²) in [4.78, 5) is 20.7. The van der Waals surface area contributed by atoms with Crippen molar-refractivity contribution in [3.8, 4) is 0 Å². The molecule has 1 aromatic carbocycles. The number of hydrogen-bond acceptors (Lipinski definition) is 4. The Kier molecular flexibility index (Phi) is 6.16. The summed E-state index contributed by atoms with van der Waals surface area (Å²) in [5.74, 6) is 0.793. The van der Waals surface area contributed by atoms with Gasteiger partial charge in [0, 0.05) is 17.1 Å². The van der Waals surface area contributed by atoms with Crippen molar-refractivity contribution in [3.63, 3.8) is 0 Å². The molecule has 1 atom stereocenters. The number of nitrogens with one attached hydrogen (secondary N) is 1. The van der Waals surface area contributed by atoms with Gasteiger partial charge in [0.15, 0.2) is 5.16 Å². The van der Waals surface area contributed by atoms with Crippen LogP contribution in [0.4, 0.5) is 5.69 Å². The molecule has 5 heteroatoms. The summed E-state index contributed by atoms with van der Waals surface area (Å²) >= 11 is 1.35. The Morgan fingerprint density at radius 2 is 1.78 bits per heavy atom. The Bertz CT molecular complexity index is 650. The van der Waals surface area contributed by atoms with Crippen LogP contribution in [0.1, 0.15) is 43.1 Å². The van der Waals surface area contributed by atoms with E-state index in [0.717, 1.165) is 23.5 Å². The quantitative estimate of drug-likeness (QED) is 0.633. The summed E-state index contributed by atoms with van der Waals surface area (Å²) in [6, 6.07) is 9.98. The van der Waals surface area contributed by atoms with Crippen molar-refractivity contribution >= 4 is 23.4 Å². The predicted molar refractivity (Wildman–Crippen MR) is 96.0 cm³/mol. The third kappa shape index (κ3) is 5.36. The number of carbonyl (C=O) groups is 1. The van der Waals surface area contributed by atoms with Crippen LogP contribution in [0.2, 0.25) is 0 Å². The first kappa shape index (κ1) is 17.5. The van der Waals surface area contributed by atoms with Crippen molar-refractivity contribution in [1.29, 1.82) is 0 Å². The number of nitrogens with zero attached hydrogens (tertiary/aromatic N) is 2. The van der Waals surface area contributed by atoms with Gasteiger partial charge in [-0.3, -0.25) is 4.79 Å². The van der Waals surface area contributed by atoms with Gasteiger partial charge in [-0.25, -0.2) is 9.97 Å². The number of rotatable bonds is 6. The van der Waals surface area contributed by atoms with Crippen LogP contribution in [-0.2, 0) is 4.79 Å². The number of aromatic nitrogens is 2. The van der Waals surface area contributed by atoms with E-state index in [0.29, 0.717) is 16.8 Å².